The van der Waals surface area contributed by atoms with Gasteiger partial charge >= 0.3 is 5.97 Å². The fraction of sp³-hybridized carbons (Fsp3) is 0.216. The number of esters is 1. The third-order valence-electron chi connectivity index (χ3n) is 7.89. The van der Waals surface area contributed by atoms with E-state index in [4.69, 9.17) is 30.8 Å². The van der Waals surface area contributed by atoms with E-state index in [0.717, 1.165) is 32.8 Å². The summed E-state index contributed by atoms with van der Waals surface area (Å²) in [5.41, 5.74) is 3.04. The average molecular weight is 732 g/mol. The molecular formula is C37H32BrClN2O5S. The van der Waals surface area contributed by atoms with E-state index < -0.39 is 12.0 Å². The van der Waals surface area contributed by atoms with Crippen molar-refractivity contribution >= 4 is 61.7 Å². The molecule has 0 unspecified atom stereocenters. The van der Waals surface area contributed by atoms with Gasteiger partial charge in [-0.05, 0) is 72.2 Å². The van der Waals surface area contributed by atoms with Crippen LogP contribution < -0.4 is 24.4 Å². The number of hydrogen-bond acceptors (Lipinski definition) is 7. The molecule has 240 valence electrons. The van der Waals surface area contributed by atoms with Gasteiger partial charge in [0.1, 0.15) is 24.1 Å². The molecule has 47 heavy (non-hydrogen) atoms. The topological polar surface area (TPSA) is 79.1 Å². The molecule has 0 spiro atoms. The van der Waals surface area contributed by atoms with Crippen LogP contribution in [0.25, 0.3) is 16.8 Å². The number of benzene rings is 4. The number of thiazole rings is 1. The summed E-state index contributed by atoms with van der Waals surface area (Å²) in [4.78, 5) is 33.6. The molecule has 1 aromatic heterocycles. The van der Waals surface area contributed by atoms with Crippen LogP contribution in [0, 0.1) is 0 Å². The van der Waals surface area contributed by atoms with Crippen LogP contribution in [-0.4, -0.2) is 24.3 Å². The van der Waals surface area contributed by atoms with Crippen LogP contribution in [0.4, 0.5) is 0 Å². The maximum absolute atomic E-state index is 14.5. The van der Waals surface area contributed by atoms with E-state index >= 15 is 0 Å². The average Bonchev–Trinajstić information content (AvgIpc) is 3.38. The Labute approximate surface area is 289 Å². The molecular weight excluding hydrogens is 700 g/mol. The van der Waals surface area contributed by atoms with Gasteiger partial charge in [-0.3, -0.25) is 9.36 Å². The molecule has 0 saturated carbocycles. The Balaban J connectivity index is 1.58. The largest absolute Gasteiger partial charge is 0.496 e. The van der Waals surface area contributed by atoms with Crippen LogP contribution in [0.1, 0.15) is 49.4 Å². The second-order valence-electron chi connectivity index (χ2n) is 10.9. The standard InChI is InChI=1S/C37H32BrClN2O5S/c1-4-8-29-33(36(43)45-5-2)34(28-19-24(38)14-18-30(28)44-3)41-35(42)32(47-37(41)40-29)20-27-26-10-7-6-9-23(26)13-17-31(27)46-21-22-11-15-25(39)16-12-22/h6-7,9-20,34H,4-5,8,21H2,1-3H3/b32-20+/t34-/m0/s1. The van der Waals surface area contributed by atoms with Crippen molar-refractivity contribution in [2.75, 3.05) is 13.7 Å². The third-order valence-corrected chi connectivity index (χ3v) is 9.62. The molecule has 1 aliphatic heterocycles. The Morgan fingerprint density at radius 3 is 2.55 bits per heavy atom. The molecule has 10 heteroatoms. The molecule has 5 aromatic rings. The lowest BCUT2D eigenvalue weighted by atomic mass is 9.93. The van der Waals surface area contributed by atoms with Gasteiger partial charge in [0.05, 0.1) is 29.5 Å². The van der Waals surface area contributed by atoms with Crippen LogP contribution in [0.3, 0.4) is 0 Å². The minimum Gasteiger partial charge on any atom is -0.496 e. The van der Waals surface area contributed by atoms with Gasteiger partial charge in [-0.25, -0.2) is 9.79 Å². The fourth-order valence-corrected chi connectivity index (χ4v) is 7.26. The van der Waals surface area contributed by atoms with Crippen molar-refractivity contribution < 1.29 is 19.0 Å². The summed E-state index contributed by atoms with van der Waals surface area (Å²) in [5, 5.41) is 2.61. The number of nitrogens with zero attached hydrogens (tertiary/aromatic N) is 2. The number of rotatable bonds is 10. The summed E-state index contributed by atoms with van der Waals surface area (Å²) >= 11 is 10.9. The number of halogens is 2. The van der Waals surface area contributed by atoms with E-state index in [-0.39, 0.29) is 12.2 Å². The van der Waals surface area contributed by atoms with Crippen molar-refractivity contribution in [3.05, 3.63) is 136 Å². The second-order valence-corrected chi connectivity index (χ2v) is 13.3. The smallest absolute Gasteiger partial charge is 0.338 e. The summed E-state index contributed by atoms with van der Waals surface area (Å²) in [5.74, 6) is 0.667. The normalized spacial score (nSPS) is 14.6. The lowest BCUT2D eigenvalue weighted by Crippen LogP contribution is -2.40. The molecule has 6 rings (SSSR count). The predicted molar refractivity (Wildman–Crippen MR) is 190 cm³/mol. The first-order valence-corrected chi connectivity index (χ1v) is 17.3. The highest BCUT2D eigenvalue weighted by molar-refractivity contribution is 9.10. The SMILES string of the molecule is CCCC1=C(C(=O)OCC)[C@H](c2cc(Br)ccc2OC)n2c(s/c(=C/c3c(OCc4ccc(Cl)cc4)ccc4ccccc34)c2=O)=N1. The van der Waals surface area contributed by atoms with Gasteiger partial charge in [0.25, 0.3) is 5.56 Å². The van der Waals surface area contributed by atoms with E-state index in [0.29, 0.717) is 55.7 Å². The third kappa shape index (κ3) is 6.66. The highest BCUT2D eigenvalue weighted by Crippen LogP contribution is 2.38. The summed E-state index contributed by atoms with van der Waals surface area (Å²) in [7, 11) is 1.57. The van der Waals surface area contributed by atoms with Crippen LogP contribution in [-0.2, 0) is 16.1 Å². The number of fused-ring (bicyclic) bond motifs is 2. The van der Waals surface area contributed by atoms with E-state index in [9.17, 15) is 9.59 Å². The Bertz CT molecular complexity index is 2190. The number of carbonyl (C=O) groups is 1. The lowest BCUT2D eigenvalue weighted by Gasteiger charge is -2.27. The molecule has 2 heterocycles. The lowest BCUT2D eigenvalue weighted by molar-refractivity contribution is -0.139. The van der Waals surface area contributed by atoms with Crippen molar-refractivity contribution in [3.8, 4) is 11.5 Å². The molecule has 0 radical (unpaired) electrons. The Morgan fingerprint density at radius 1 is 1.04 bits per heavy atom. The van der Waals surface area contributed by atoms with Gasteiger partial charge in [-0.2, -0.15) is 0 Å². The molecule has 0 fully saturated rings. The monoisotopic (exact) mass is 730 g/mol. The first-order chi connectivity index (χ1) is 22.8. The van der Waals surface area contributed by atoms with Gasteiger partial charge in [0.15, 0.2) is 4.80 Å². The Kier molecular flexibility index (Phi) is 9.96. The van der Waals surface area contributed by atoms with Gasteiger partial charge in [0.2, 0.25) is 0 Å². The molecule has 4 aromatic carbocycles. The Morgan fingerprint density at radius 2 is 1.81 bits per heavy atom. The molecule has 1 aliphatic rings. The number of carbonyl (C=O) groups excluding carboxylic acids is 1. The number of methoxy groups -OCH3 is 1. The molecule has 0 saturated heterocycles. The minimum atomic E-state index is -0.811. The zero-order valence-corrected chi connectivity index (χ0v) is 29.2. The maximum atomic E-state index is 14.5. The van der Waals surface area contributed by atoms with E-state index in [2.05, 4.69) is 15.9 Å². The zero-order chi connectivity index (χ0) is 33.1. The second kappa shape index (κ2) is 14.3. The predicted octanol–water partition coefficient (Wildman–Crippen LogP) is 7.74. The van der Waals surface area contributed by atoms with Crippen molar-refractivity contribution in [2.24, 2.45) is 4.99 Å². The van der Waals surface area contributed by atoms with Crippen molar-refractivity contribution in [2.45, 2.75) is 39.3 Å². The number of ether oxygens (including phenoxy) is 3. The van der Waals surface area contributed by atoms with Crippen molar-refractivity contribution in [1.82, 2.24) is 4.57 Å². The van der Waals surface area contributed by atoms with E-state index in [1.165, 1.54) is 11.3 Å². The van der Waals surface area contributed by atoms with Crippen molar-refractivity contribution in [1.29, 1.82) is 0 Å². The summed E-state index contributed by atoms with van der Waals surface area (Å²) in [6.45, 7) is 4.30. The number of hydrogen-bond donors (Lipinski definition) is 0. The molecule has 0 amide bonds. The van der Waals surface area contributed by atoms with Crippen LogP contribution >= 0.6 is 38.9 Å². The van der Waals surface area contributed by atoms with E-state index in [1.807, 2.05) is 91.9 Å². The van der Waals surface area contributed by atoms with Gasteiger partial charge in [-0.15, -0.1) is 0 Å². The van der Waals surface area contributed by atoms with Crippen LogP contribution in [0.15, 0.2) is 104 Å². The fourth-order valence-electron chi connectivity index (χ4n) is 5.76. The van der Waals surface area contributed by atoms with Crippen LogP contribution in [0.5, 0.6) is 11.5 Å². The van der Waals surface area contributed by atoms with Gasteiger partial charge < -0.3 is 14.2 Å². The zero-order valence-electron chi connectivity index (χ0n) is 26.1. The molecule has 1 atom stereocenters. The summed E-state index contributed by atoms with van der Waals surface area (Å²) in [6, 6.07) is 24.2. The minimum absolute atomic E-state index is 0.189. The van der Waals surface area contributed by atoms with Gasteiger partial charge in [-0.1, -0.05) is 94.7 Å². The summed E-state index contributed by atoms with van der Waals surface area (Å²) in [6.07, 6.45) is 3.16. The van der Waals surface area contributed by atoms with Crippen molar-refractivity contribution in [3.63, 3.8) is 0 Å². The highest BCUT2D eigenvalue weighted by atomic mass is 79.9. The summed E-state index contributed by atoms with van der Waals surface area (Å²) < 4.78 is 20.5. The number of allylic oxidation sites excluding steroid dienone is 1. The quantitative estimate of drug-likeness (QED) is 0.138. The number of aromatic nitrogens is 1. The first-order valence-electron chi connectivity index (χ1n) is 15.3. The molecule has 0 aliphatic carbocycles. The van der Waals surface area contributed by atoms with Crippen LogP contribution in [0.2, 0.25) is 5.02 Å². The van der Waals surface area contributed by atoms with E-state index in [1.54, 1.807) is 18.6 Å². The first kappa shape index (κ1) is 32.7. The molecule has 0 N–H and O–H groups in total. The van der Waals surface area contributed by atoms with Gasteiger partial charge in [0, 0.05) is 20.6 Å². The Hall–Kier alpha value is -4.18. The maximum Gasteiger partial charge on any atom is 0.338 e. The highest BCUT2D eigenvalue weighted by Gasteiger charge is 2.36. The molecule has 7 nitrogen and oxygen atoms in total. The molecule has 0 bridgehead atoms.